The van der Waals surface area contributed by atoms with Crippen LogP contribution in [0.1, 0.15) is 38.2 Å². The predicted molar refractivity (Wildman–Crippen MR) is 62.6 cm³/mol. The number of anilines is 1. The fourth-order valence-corrected chi connectivity index (χ4v) is 2.21. The number of hydrogen-bond acceptors (Lipinski definition) is 3. The highest BCUT2D eigenvalue weighted by atomic mass is 15.0. The smallest absolute Gasteiger partial charge is 0.126 e. The Labute approximate surface area is 91.1 Å². The van der Waals surface area contributed by atoms with Gasteiger partial charge >= 0.3 is 0 Å². The van der Waals surface area contributed by atoms with Gasteiger partial charge in [0.25, 0.3) is 0 Å². The minimum atomic E-state index is 0.247. The second-order valence-electron chi connectivity index (χ2n) is 4.65. The standard InChI is InChI=1S/C12H19N3/c1-12(6-2-3-7-12)15-11-5-4-10(8-13)9-14-11/h4-5,9H,2-3,6-8,13H2,1H3,(H,14,15). The zero-order chi connectivity index (χ0) is 10.7. The highest BCUT2D eigenvalue weighted by Crippen LogP contribution is 2.31. The number of aromatic nitrogens is 1. The summed E-state index contributed by atoms with van der Waals surface area (Å²) < 4.78 is 0. The molecule has 2 rings (SSSR count). The molecule has 3 N–H and O–H groups in total. The summed E-state index contributed by atoms with van der Waals surface area (Å²) in [7, 11) is 0. The molecule has 0 aliphatic heterocycles. The molecular formula is C12H19N3. The van der Waals surface area contributed by atoms with Crippen molar-refractivity contribution in [1.82, 2.24) is 4.98 Å². The molecule has 82 valence electrons. The summed E-state index contributed by atoms with van der Waals surface area (Å²) in [5, 5.41) is 3.52. The van der Waals surface area contributed by atoms with Crippen LogP contribution in [-0.4, -0.2) is 10.5 Å². The van der Waals surface area contributed by atoms with Crippen molar-refractivity contribution < 1.29 is 0 Å². The maximum atomic E-state index is 5.53. The van der Waals surface area contributed by atoms with Gasteiger partial charge in [0.05, 0.1) is 0 Å². The van der Waals surface area contributed by atoms with Gasteiger partial charge in [-0.2, -0.15) is 0 Å². The van der Waals surface area contributed by atoms with E-state index in [1.54, 1.807) is 0 Å². The van der Waals surface area contributed by atoms with E-state index in [4.69, 9.17) is 5.73 Å². The van der Waals surface area contributed by atoms with Crippen LogP contribution < -0.4 is 11.1 Å². The molecule has 1 heterocycles. The molecule has 1 aromatic rings. The summed E-state index contributed by atoms with van der Waals surface area (Å²) in [6.45, 7) is 2.84. The highest BCUT2D eigenvalue weighted by molar-refractivity contribution is 5.38. The van der Waals surface area contributed by atoms with E-state index in [-0.39, 0.29) is 5.54 Å². The first-order valence-electron chi connectivity index (χ1n) is 5.65. The molecule has 0 radical (unpaired) electrons. The molecule has 0 unspecified atom stereocenters. The lowest BCUT2D eigenvalue weighted by Crippen LogP contribution is -2.31. The Balaban J connectivity index is 2.04. The number of nitrogens with one attached hydrogen (secondary N) is 1. The molecule has 3 heteroatoms. The molecule has 0 aromatic carbocycles. The van der Waals surface area contributed by atoms with Gasteiger partial charge in [0.2, 0.25) is 0 Å². The Hall–Kier alpha value is -1.09. The van der Waals surface area contributed by atoms with Gasteiger partial charge in [-0.25, -0.2) is 4.98 Å². The van der Waals surface area contributed by atoms with Crippen LogP contribution in [0.3, 0.4) is 0 Å². The van der Waals surface area contributed by atoms with E-state index in [0.717, 1.165) is 11.4 Å². The lowest BCUT2D eigenvalue weighted by atomic mass is 10.0. The van der Waals surface area contributed by atoms with Crippen LogP contribution in [0.2, 0.25) is 0 Å². The Kier molecular flexibility index (Phi) is 2.91. The average molecular weight is 205 g/mol. The quantitative estimate of drug-likeness (QED) is 0.796. The van der Waals surface area contributed by atoms with Crippen LogP contribution in [0.5, 0.6) is 0 Å². The molecule has 1 aliphatic rings. The fourth-order valence-electron chi connectivity index (χ4n) is 2.21. The zero-order valence-electron chi connectivity index (χ0n) is 9.29. The van der Waals surface area contributed by atoms with Crippen molar-refractivity contribution in [2.24, 2.45) is 5.73 Å². The Morgan fingerprint density at radius 3 is 2.67 bits per heavy atom. The van der Waals surface area contributed by atoms with Crippen LogP contribution in [0.25, 0.3) is 0 Å². The summed E-state index contributed by atoms with van der Waals surface area (Å²) in [6, 6.07) is 4.05. The Morgan fingerprint density at radius 2 is 2.13 bits per heavy atom. The molecule has 3 nitrogen and oxygen atoms in total. The topological polar surface area (TPSA) is 50.9 Å². The van der Waals surface area contributed by atoms with E-state index in [1.165, 1.54) is 25.7 Å². The van der Waals surface area contributed by atoms with Gasteiger partial charge in [-0.15, -0.1) is 0 Å². The minimum Gasteiger partial charge on any atom is -0.365 e. The van der Waals surface area contributed by atoms with Gasteiger partial charge in [0.1, 0.15) is 5.82 Å². The van der Waals surface area contributed by atoms with Gasteiger partial charge < -0.3 is 11.1 Å². The predicted octanol–water partition coefficient (Wildman–Crippen LogP) is 2.28. The first kappa shape index (κ1) is 10.4. The molecule has 1 aromatic heterocycles. The van der Waals surface area contributed by atoms with Crippen molar-refractivity contribution in [2.75, 3.05) is 5.32 Å². The minimum absolute atomic E-state index is 0.247. The van der Waals surface area contributed by atoms with Crippen molar-refractivity contribution in [1.29, 1.82) is 0 Å². The highest BCUT2D eigenvalue weighted by Gasteiger charge is 2.28. The maximum absolute atomic E-state index is 5.53. The molecule has 0 spiro atoms. The third kappa shape index (κ3) is 2.48. The molecule has 0 saturated heterocycles. The third-order valence-corrected chi connectivity index (χ3v) is 3.20. The molecule has 1 fully saturated rings. The number of nitrogens with zero attached hydrogens (tertiary/aromatic N) is 1. The second kappa shape index (κ2) is 4.19. The van der Waals surface area contributed by atoms with Crippen molar-refractivity contribution >= 4 is 5.82 Å². The summed E-state index contributed by atoms with van der Waals surface area (Å²) in [6.07, 6.45) is 6.98. The molecule has 0 atom stereocenters. The average Bonchev–Trinajstić information content (AvgIpc) is 2.66. The number of hydrogen-bond donors (Lipinski definition) is 2. The van der Waals surface area contributed by atoms with E-state index in [9.17, 15) is 0 Å². The van der Waals surface area contributed by atoms with Crippen LogP contribution in [0.15, 0.2) is 18.3 Å². The van der Waals surface area contributed by atoms with E-state index in [0.29, 0.717) is 6.54 Å². The SMILES string of the molecule is CC1(Nc2ccc(CN)cn2)CCCC1. The lowest BCUT2D eigenvalue weighted by molar-refractivity contribution is 0.531. The number of rotatable bonds is 3. The van der Waals surface area contributed by atoms with Crippen LogP contribution in [0, 0.1) is 0 Å². The summed E-state index contributed by atoms with van der Waals surface area (Å²) in [5.74, 6) is 0.969. The lowest BCUT2D eigenvalue weighted by Gasteiger charge is -2.25. The van der Waals surface area contributed by atoms with E-state index >= 15 is 0 Å². The van der Waals surface area contributed by atoms with Crippen molar-refractivity contribution in [3.63, 3.8) is 0 Å². The molecule has 0 amide bonds. The first-order valence-corrected chi connectivity index (χ1v) is 5.65. The molecule has 15 heavy (non-hydrogen) atoms. The van der Waals surface area contributed by atoms with Gasteiger partial charge in [0, 0.05) is 18.3 Å². The summed E-state index contributed by atoms with van der Waals surface area (Å²) in [5.41, 5.74) is 6.86. The molecule has 1 saturated carbocycles. The summed E-state index contributed by atoms with van der Waals surface area (Å²) >= 11 is 0. The van der Waals surface area contributed by atoms with Crippen LogP contribution >= 0.6 is 0 Å². The zero-order valence-corrected chi connectivity index (χ0v) is 9.29. The van der Waals surface area contributed by atoms with Crippen molar-refractivity contribution in [3.05, 3.63) is 23.9 Å². The number of nitrogens with two attached hydrogens (primary N) is 1. The Morgan fingerprint density at radius 1 is 1.40 bits per heavy atom. The second-order valence-corrected chi connectivity index (χ2v) is 4.65. The van der Waals surface area contributed by atoms with E-state index in [1.807, 2.05) is 18.3 Å². The molecule has 1 aliphatic carbocycles. The largest absolute Gasteiger partial charge is 0.365 e. The normalized spacial score (nSPS) is 19.1. The van der Waals surface area contributed by atoms with Crippen LogP contribution in [0.4, 0.5) is 5.82 Å². The van der Waals surface area contributed by atoms with Crippen LogP contribution in [-0.2, 0) is 6.54 Å². The van der Waals surface area contributed by atoms with Crippen molar-refractivity contribution in [2.45, 2.75) is 44.7 Å². The maximum Gasteiger partial charge on any atom is 0.126 e. The fraction of sp³-hybridized carbons (Fsp3) is 0.583. The van der Waals surface area contributed by atoms with Gasteiger partial charge in [-0.1, -0.05) is 18.9 Å². The van der Waals surface area contributed by atoms with Gasteiger partial charge in [-0.3, -0.25) is 0 Å². The molecule has 0 bridgehead atoms. The summed E-state index contributed by atoms with van der Waals surface area (Å²) in [4.78, 5) is 4.37. The third-order valence-electron chi connectivity index (χ3n) is 3.20. The monoisotopic (exact) mass is 205 g/mol. The van der Waals surface area contributed by atoms with E-state index in [2.05, 4.69) is 17.2 Å². The van der Waals surface area contributed by atoms with E-state index < -0.39 is 0 Å². The Bertz CT molecular complexity index is 312. The van der Waals surface area contributed by atoms with Gasteiger partial charge in [-0.05, 0) is 31.4 Å². The number of pyridine rings is 1. The first-order chi connectivity index (χ1) is 7.22. The van der Waals surface area contributed by atoms with Gasteiger partial charge in [0.15, 0.2) is 0 Å². The molecular weight excluding hydrogens is 186 g/mol. The van der Waals surface area contributed by atoms with Crippen molar-refractivity contribution in [3.8, 4) is 0 Å².